The zero-order valence-electron chi connectivity index (χ0n) is 11.2. The molecule has 19 heavy (non-hydrogen) atoms. The van der Waals surface area contributed by atoms with Crippen LogP contribution in [0.15, 0.2) is 11.4 Å². The van der Waals surface area contributed by atoms with Gasteiger partial charge in [0, 0.05) is 21.2 Å². The Labute approximate surface area is 118 Å². The Kier molecular flexibility index (Phi) is 4.62. The van der Waals surface area contributed by atoms with Crippen LogP contribution in [-0.2, 0) is 11.3 Å². The Balaban J connectivity index is 1.88. The van der Waals surface area contributed by atoms with E-state index < -0.39 is 0 Å². The molecule has 0 spiro atoms. The number of rotatable bonds is 3. The van der Waals surface area contributed by atoms with E-state index in [4.69, 9.17) is 5.11 Å². The molecule has 0 atom stereocenters. The van der Waals surface area contributed by atoms with Crippen LogP contribution in [0.25, 0.3) is 0 Å². The molecule has 0 radical (unpaired) electrons. The first-order valence-electron chi connectivity index (χ1n) is 6.59. The fourth-order valence-corrected chi connectivity index (χ4v) is 3.20. The lowest BCUT2D eigenvalue weighted by Crippen LogP contribution is -2.36. The molecule has 102 valence electrons. The quantitative estimate of drug-likeness (QED) is 0.833. The summed E-state index contributed by atoms with van der Waals surface area (Å²) in [5.74, 6) is 5.65. The van der Waals surface area contributed by atoms with Crippen molar-refractivity contribution >= 4 is 17.2 Å². The topological polar surface area (TPSA) is 49.3 Å². The maximum Gasteiger partial charge on any atom is 0.226 e. The molecule has 1 aromatic heterocycles. The Morgan fingerprint density at radius 3 is 2.95 bits per heavy atom. The van der Waals surface area contributed by atoms with Crippen LogP contribution in [0.2, 0.25) is 0 Å². The van der Waals surface area contributed by atoms with E-state index in [9.17, 15) is 4.79 Å². The molecule has 1 aliphatic carbocycles. The van der Waals surface area contributed by atoms with Crippen molar-refractivity contribution in [2.45, 2.75) is 39.2 Å². The van der Waals surface area contributed by atoms with E-state index in [2.05, 4.69) is 24.1 Å². The largest absolute Gasteiger partial charge is 0.384 e. The average molecular weight is 277 g/mol. The lowest BCUT2D eigenvalue weighted by atomic mass is 9.88. The van der Waals surface area contributed by atoms with Gasteiger partial charge in [-0.05, 0) is 18.9 Å². The molecule has 1 aliphatic rings. The predicted molar refractivity (Wildman–Crippen MR) is 76.7 cm³/mol. The minimum absolute atomic E-state index is 0.125. The summed E-state index contributed by atoms with van der Waals surface area (Å²) in [7, 11) is 0. The average Bonchev–Trinajstić information content (AvgIpc) is 3.03. The van der Waals surface area contributed by atoms with Crippen LogP contribution in [0.5, 0.6) is 0 Å². The summed E-state index contributed by atoms with van der Waals surface area (Å²) in [5.41, 5.74) is 0.729. The molecule has 0 bridgehead atoms. The van der Waals surface area contributed by atoms with Crippen molar-refractivity contribution in [2.75, 3.05) is 6.61 Å². The molecule has 0 saturated heterocycles. The van der Waals surface area contributed by atoms with Crippen molar-refractivity contribution in [3.63, 3.8) is 0 Å². The van der Waals surface area contributed by atoms with Gasteiger partial charge in [-0.2, -0.15) is 0 Å². The fraction of sp³-hybridized carbons (Fsp3) is 0.533. The third-order valence-corrected chi connectivity index (χ3v) is 4.58. The summed E-state index contributed by atoms with van der Waals surface area (Å²) < 4.78 is 0. The SMILES string of the molecule is CC1(C(=O)NCc2cc(C#CCO)cs2)CCCC1. The summed E-state index contributed by atoms with van der Waals surface area (Å²) in [6, 6.07) is 1.96. The molecular formula is C15H19NO2S. The minimum atomic E-state index is -0.170. The van der Waals surface area contributed by atoms with Crippen LogP contribution >= 0.6 is 11.3 Å². The molecule has 0 aromatic carbocycles. The normalized spacial score (nSPS) is 16.7. The Morgan fingerprint density at radius 2 is 2.26 bits per heavy atom. The van der Waals surface area contributed by atoms with Crippen molar-refractivity contribution in [1.29, 1.82) is 0 Å². The molecule has 2 N–H and O–H groups in total. The number of amides is 1. The number of hydrogen-bond acceptors (Lipinski definition) is 3. The second-order valence-corrected chi connectivity index (χ2v) is 6.21. The lowest BCUT2D eigenvalue weighted by molar-refractivity contribution is -0.130. The zero-order valence-corrected chi connectivity index (χ0v) is 12.0. The Morgan fingerprint density at radius 1 is 1.53 bits per heavy atom. The highest BCUT2D eigenvalue weighted by molar-refractivity contribution is 7.10. The number of hydrogen-bond donors (Lipinski definition) is 2. The van der Waals surface area contributed by atoms with E-state index >= 15 is 0 Å². The third-order valence-electron chi connectivity index (χ3n) is 3.64. The van der Waals surface area contributed by atoms with Gasteiger partial charge in [-0.15, -0.1) is 11.3 Å². The molecule has 0 unspecified atom stereocenters. The van der Waals surface area contributed by atoms with Crippen LogP contribution in [0, 0.1) is 17.3 Å². The highest BCUT2D eigenvalue weighted by Gasteiger charge is 2.35. The number of carbonyl (C=O) groups excluding carboxylic acids is 1. The van der Waals surface area contributed by atoms with Crippen molar-refractivity contribution < 1.29 is 9.90 Å². The van der Waals surface area contributed by atoms with Gasteiger partial charge < -0.3 is 10.4 Å². The zero-order chi connectivity index (χ0) is 13.7. The standard InChI is InChI=1S/C15H19NO2S/c1-15(6-2-3-7-15)14(18)16-10-13-9-12(11-19-13)5-4-8-17/h9,11,17H,2-3,6-8,10H2,1H3,(H,16,18). The second kappa shape index (κ2) is 6.23. The van der Waals surface area contributed by atoms with Gasteiger partial charge in [0.1, 0.15) is 6.61 Å². The highest BCUT2D eigenvalue weighted by atomic mass is 32.1. The monoisotopic (exact) mass is 277 g/mol. The van der Waals surface area contributed by atoms with Gasteiger partial charge in [-0.25, -0.2) is 0 Å². The molecule has 2 rings (SSSR count). The van der Waals surface area contributed by atoms with Gasteiger partial charge in [0.2, 0.25) is 5.91 Å². The third kappa shape index (κ3) is 3.59. The molecular weight excluding hydrogens is 258 g/mol. The summed E-state index contributed by atoms with van der Waals surface area (Å²) in [4.78, 5) is 13.2. The second-order valence-electron chi connectivity index (χ2n) is 5.21. The van der Waals surface area contributed by atoms with E-state index in [-0.39, 0.29) is 17.9 Å². The number of nitrogens with one attached hydrogen (secondary N) is 1. The van der Waals surface area contributed by atoms with E-state index in [1.54, 1.807) is 11.3 Å². The van der Waals surface area contributed by atoms with Gasteiger partial charge in [-0.3, -0.25) is 4.79 Å². The first-order valence-corrected chi connectivity index (χ1v) is 7.47. The van der Waals surface area contributed by atoms with Crippen molar-refractivity contribution in [1.82, 2.24) is 5.32 Å². The fourth-order valence-electron chi connectivity index (χ4n) is 2.44. The summed E-state index contributed by atoms with van der Waals surface area (Å²) in [6.07, 6.45) is 4.31. The van der Waals surface area contributed by atoms with Gasteiger partial charge in [0.25, 0.3) is 0 Å². The minimum Gasteiger partial charge on any atom is -0.384 e. The van der Waals surface area contributed by atoms with Crippen LogP contribution in [0.3, 0.4) is 0 Å². The van der Waals surface area contributed by atoms with Gasteiger partial charge >= 0.3 is 0 Å². The molecule has 1 aromatic rings. The highest BCUT2D eigenvalue weighted by Crippen LogP contribution is 2.37. The summed E-state index contributed by atoms with van der Waals surface area (Å²) in [6.45, 7) is 2.50. The number of carbonyl (C=O) groups is 1. The van der Waals surface area contributed by atoms with E-state index in [0.29, 0.717) is 6.54 Å². The van der Waals surface area contributed by atoms with Crippen molar-refractivity contribution in [2.24, 2.45) is 5.41 Å². The van der Waals surface area contributed by atoms with Gasteiger partial charge in [0.05, 0.1) is 6.54 Å². The van der Waals surface area contributed by atoms with Crippen LogP contribution in [0.1, 0.15) is 43.0 Å². The number of thiophene rings is 1. The van der Waals surface area contributed by atoms with Crippen molar-refractivity contribution in [3.05, 3.63) is 21.9 Å². The molecule has 1 fully saturated rings. The van der Waals surface area contributed by atoms with Crippen molar-refractivity contribution in [3.8, 4) is 11.8 Å². The Hall–Kier alpha value is -1.31. The molecule has 1 amide bonds. The first kappa shape index (κ1) is 14.1. The van der Waals surface area contributed by atoms with E-state index in [1.165, 1.54) is 0 Å². The van der Waals surface area contributed by atoms with Crippen LogP contribution in [0.4, 0.5) is 0 Å². The van der Waals surface area contributed by atoms with Gasteiger partial charge in [0.15, 0.2) is 0 Å². The number of aliphatic hydroxyl groups is 1. The summed E-state index contributed by atoms with van der Waals surface area (Å²) in [5, 5.41) is 13.6. The lowest BCUT2D eigenvalue weighted by Gasteiger charge is -2.21. The maximum absolute atomic E-state index is 12.2. The van der Waals surface area contributed by atoms with Crippen LogP contribution in [-0.4, -0.2) is 17.6 Å². The molecule has 1 saturated carbocycles. The maximum atomic E-state index is 12.2. The summed E-state index contributed by atoms with van der Waals surface area (Å²) >= 11 is 1.58. The smallest absolute Gasteiger partial charge is 0.226 e. The van der Waals surface area contributed by atoms with Crippen LogP contribution < -0.4 is 5.32 Å². The molecule has 4 heteroatoms. The van der Waals surface area contributed by atoms with E-state index in [0.717, 1.165) is 36.1 Å². The predicted octanol–water partition coefficient (Wildman–Crippen LogP) is 2.29. The molecule has 1 heterocycles. The van der Waals surface area contributed by atoms with E-state index in [1.807, 2.05) is 11.4 Å². The number of aliphatic hydroxyl groups excluding tert-OH is 1. The van der Waals surface area contributed by atoms with Gasteiger partial charge in [-0.1, -0.05) is 31.6 Å². The Bertz CT molecular complexity index is 504. The molecule has 0 aliphatic heterocycles. The molecule has 3 nitrogen and oxygen atoms in total. The first-order chi connectivity index (χ1) is 9.14.